The molecule has 0 aliphatic carbocycles. The molecule has 2 atom stereocenters. The van der Waals surface area contributed by atoms with Crippen molar-refractivity contribution in [3.63, 3.8) is 0 Å². The SMILES string of the molecule is CC(C)S(=O)(=O)N1CCC2(C(C)(C)C)OC2C1. The molecule has 0 aromatic rings. The van der Waals surface area contributed by atoms with Crippen LogP contribution in [0.25, 0.3) is 0 Å². The van der Waals surface area contributed by atoms with E-state index in [1.165, 1.54) is 0 Å². The van der Waals surface area contributed by atoms with Crippen molar-refractivity contribution in [2.75, 3.05) is 13.1 Å². The van der Waals surface area contributed by atoms with E-state index in [0.717, 1.165) is 6.42 Å². The van der Waals surface area contributed by atoms with Crippen LogP contribution in [0, 0.1) is 5.41 Å². The molecule has 2 rings (SSSR count). The lowest BCUT2D eigenvalue weighted by atomic mass is 9.75. The normalized spacial score (nSPS) is 34.8. The van der Waals surface area contributed by atoms with Crippen molar-refractivity contribution in [3.05, 3.63) is 0 Å². The van der Waals surface area contributed by atoms with Gasteiger partial charge in [-0.1, -0.05) is 20.8 Å². The second kappa shape index (κ2) is 3.68. The molecule has 100 valence electrons. The summed E-state index contributed by atoms with van der Waals surface area (Å²) in [6.07, 6.45) is 0.900. The fraction of sp³-hybridized carbons (Fsp3) is 1.00. The van der Waals surface area contributed by atoms with Crippen molar-refractivity contribution in [1.82, 2.24) is 4.31 Å². The number of hydrogen-bond donors (Lipinski definition) is 0. The predicted octanol–water partition coefficient (Wildman–Crippen LogP) is 1.61. The number of rotatable bonds is 2. The Bertz CT molecular complexity index is 410. The van der Waals surface area contributed by atoms with Crippen molar-refractivity contribution in [2.45, 2.75) is 58.0 Å². The number of nitrogens with zero attached hydrogens (tertiary/aromatic N) is 1. The van der Waals surface area contributed by atoms with Gasteiger partial charge in [0.2, 0.25) is 10.0 Å². The number of sulfonamides is 1. The van der Waals surface area contributed by atoms with E-state index in [0.29, 0.717) is 13.1 Å². The molecular weight excluding hydrogens is 238 g/mol. The maximum atomic E-state index is 12.1. The highest BCUT2D eigenvalue weighted by atomic mass is 32.2. The molecule has 17 heavy (non-hydrogen) atoms. The molecule has 5 heteroatoms. The van der Waals surface area contributed by atoms with Crippen molar-refractivity contribution in [3.8, 4) is 0 Å². The summed E-state index contributed by atoms with van der Waals surface area (Å²) in [6, 6.07) is 0. The zero-order valence-electron chi connectivity index (χ0n) is 11.4. The largest absolute Gasteiger partial charge is 0.364 e. The molecule has 2 aliphatic heterocycles. The van der Waals surface area contributed by atoms with Gasteiger partial charge in [-0.3, -0.25) is 0 Å². The molecule has 0 aromatic heterocycles. The summed E-state index contributed by atoms with van der Waals surface area (Å²) in [5, 5.41) is -0.344. The maximum absolute atomic E-state index is 12.1. The van der Waals surface area contributed by atoms with Gasteiger partial charge in [0.25, 0.3) is 0 Å². The van der Waals surface area contributed by atoms with Crippen LogP contribution in [0.15, 0.2) is 0 Å². The molecule has 2 fully saturated rings. The zero-order chi connectivity index (χ0) is 13.1. The number of hydrogen-bond acceptors (Lipinski definition) is 3. The van der Waals surface area contributed by atoms with Gasteiger partial charge in [-0.25, -0.2) is 8.42 Å². The molecule has 0 N–H and O–H groups in total. The third kappa shape index (κ3) is 1.92. The standard InChI is InChI=1S/C12H23NO3S/c1-9(2)17(14,15)13-7-6-12(11(3,4)5)10(8-13)16-12/h9-10H,6-8H2,1-5H3. The van der Waals surface area contributed by atoms with Crippen LogP contribution in [0.2, 0.25) is 0 Å². The smallest absolute Gasteiger partial charge is 0.216 e. The van der Waals surface area contributed by atoms with Crippen molar-refractivity contribution < 1.29 is 13.2 Å². The first-order valence-electron chi connectivity index (χ1n) is 6.28. The Morgan fingerprint density at radius 1 is 1.35 bits per heavy atom. The van der Waals surface area contributed by atoms with E-state index in [-0.39, 0.29) is 22.4 Å². The third-order valence-electron chi connectivity index (χ3n) is 4.14. The highest BCUT2D eigenvalue weighted by molar-refractivity contribution is 7.89. The van der Waals surface area contributed by atoms with Crippen molar-refractivity contribution in [2.24, 2.45) is 5.41 Å². The molecule has 2 unspecified atom stereocenters. The summed E-state index contributed by atoms with van der Waals surface area (Å²) in [5.41, 5.74) is 0.00134. The van der Waals surface area contributed by atoms with Crippen molar-refractivity contribution >= 4 is 10.0 Å². The number of ether oxygens (including phenoxy) is 1. The van der Waals surface area contributed by atoms with Crippen LogP contribution in [-0.4, -0.2) is 42.8 Å². The van der Waals surface area contributed by atoms with E-state index < -0.39 is 10.0 Å². The second-order valence-electron chi connectivity index (χ2n) is 6.45. The van der Waals surface area contributed by atoms with Gasteiger partial charge in [-0.2, -0.15) is 4.31 Å². The average molecular weight is 261 g/mol. The molecule has 4 nitrogen and oxygen atoms in total. The van der Waals surface area contributed by atoms with Crippen LogP contribution < -0.4 is 0 Å². The van der Waals surface area contributed by atoms with Crippen LogP contribution in [0.3, 0.4) is 0 Å². The number of epoxide rings is 1. The van der Waals surface area contributed by atoms with Crippen LogP contribution in [-0.2, 0) is 14.8 Å². The van der Waals surface area contributed by atoms with E-state index in [1.54, 1.807) is 18.2 Å². The fourth-order valence-corrected chi connectivity index (χ4v) is 4.04. The summed E-state index contributed by atoms with van der Waals surface area (Å²) in [5.74, 6) is 0. The summed E-state index contributed by atoms with van der Waals surface area (Å²) in [6.45, 7) is 11.1. The molecule has 0 saturated carbocycles. The van der Waals surface area contributed by atoms with Gasteiger partial charge >= 0.3 is 0 Å². The lowest BCUT2D eigenvalue weighted by Gasteiger charge is -2.35. The highest BCUT2D eigenvalue weighted by Crippen LogP contribution is 2.55. The quantitative estimate of drug-likeness (QED) is 0.710. The molecule has 0 aromatic carbocycles. The van der Waals surface area contributed by atoms with E-state index in [1.807, 2.05) is 0 Å². The van der Waals surface area contributed by atoms with E-state index in [9.17, 15) is 8.42 Å². The molecule has 2 saturated heterocycles. The Morgan fingerprint density at radius 2 is 1.94 bits per heavy atom. The van der Waals surface area contributed by atoms with Crippen molar-refractivity contribution in [1.29, 1.82) is 0 Å². The lowest BCUT2D eigenvalue weighted by Crippen LogP contribution is -2.49. The minimum atomic E-state index is -3.13. The topological polar surface area (TPSA) is 49.9 Å². The van der Waals surface area contributed by atoms with Crippen LogP contribution in [0.4, 0.5) is 0 Å². The molecule has 0 radical (unpaired) electrons. The minimum absolute atomic E-state index is 0.0873. The Kier molecular flexibility index (Phi) is 2.88. The summed E-state index contributed by atoms with van der Waals surface area (Å²) >= 11 is 0. The molecule has 2 aliphatic rings. The lowest BCUT2D eigenvalue weighted by molar-refractivity contribution is 0.139. The minimum Gasteiger partial charge on any atom is -0.364 e. The Balaban J connectivity index is 2.10. The van der Waals surface area contributed by atoms with Crippen LogP contribution >= 0.6 is 0 Å². The molecule has 2 heterocycles. The number of fused-ring (bicyclic) bond motifs is 1. The first-order valence-corrected chi connectivity index (χ1v) is 7.78. The molecule has 0 bridgehead atoms. The molecular formula is C12H23NO3S. The average Bonchev–Trinajstić information content (AvgIpc) is 2.90. The zero-order valence-corrected chi connectivity index (χ0v) is 12.2. The Morgan fingerprint density at radius 3 is 2.35 bits per heavy atom. The van der Waals surface area contributed by atoms with Gasteiger partial charge < -0.3 is 4.74 Å². The fourth-order valence-electron chi connectivity index (χ4n) is 2.76. The first-order chi connectivity index (χ1) is 7.61. The van der Waals surface area contributed by atoms with Gasteiger partial charge in [0, 0.05) is 13.1 Å². The van der Waals surface area contributed by atoms with Gasteiger partial charge in [0.15, 0.2) is 0 Å². The first kappa shape index (κ1) is 13.3. The third-order valence-corrected chi connectivity index (χ3v) is 6.39. The van der Waals surface area contributed by atoms with Gasteiger partial charge in [0.05, 0.1) is 5.25 Å². The summed E-state index contributed by atoms with van der Waals surface area (Å²) < 4.78 is 31.6. The molecule has 0 spiro atoms. The molecule has 0 amide bonds. The Labute approximate surface area is 104 Å². The predicted molar refractivity (Wildman–Crippen MR) is 67.3 cm³/mol. The van der Waals surface area contributed by atoms with Gasteiger partial charge in [0.1, 0.15) is 11.7 Å². The summed E-state index contributed by atoms with van der Waals surface area (Å²) in [4.78, 5) is 0. The van der Waals surface area contributed by atoms with Gasteiger partial charge in [-0.15, -0.1) is 0 Å². The van der Waals surface area contributed by atoms with Crippen LogP contribution in [0.1, 0.15) is 41.0 Å². The van der Waals surface area contributed by atoms with Crippen LogP contribution in [0.5, 0.6) is 0 Å². The monoisotopic (exact) mass is 261 g/mol. The highest BCUT2D eigenvalue weighted by Gasteiger charge is 2.65. The van der Waals surface area contributed by atoms with E-state index in [2.05, 4.69) is 20.8 Å². The maximum Gasteiger partial charge on any atom is 0.216 e. The van der Waals surface area contributed by atoms with Gasteiger partial charge in [-0.05, 0) is 25.7 Å². The number of piperidine rings is 1. The second-order valence-corrected chi connectivity index (χ2v) is 8.94. The van der Waals surface area contributed by atoms with E-state index >= 15 is 0 Å². The van der Waals surface area contributed by atoms with E-state index in [4.69, 9.17) is 4.74 Å². The summed E-state index contributed by atoms with van der Waals surface area (Å²) in [7, 11) is -3.13. The Hall–Kier alpha value is -0.130.